The molecular weight excluding hydrogens is 957 g/mol. The molecule has 3 aromatic carbocycles. The molecule has 0 unspecified atom stereocenters. The van der Waals surface area contributed by atoms with E-state index in [0.717, 1.165) is 73.6 Å². The summed E-state index contributed by atoms with van der Waals surface area (Å²) in [6.07, 6.45) is 8.91. The average molecular weight is 1010 g/mol. The van der Waals surface area contributed by atoms with Crippen LogP contribution in [-0.2, 0) is 0 Å². The number of hydrogen-bond donors (Lipinski definition) is 2. The van der Waals surface area contributed by atoms with E-state index in [-0.39, 0.29) is 0 Å². The fourth-order valence-electron chi connectivity index (χ4n) is 7.54. The third-order valence-electron chi connectivity index (χ3n) is 11.0. The van der Waals surface area contributed by atoms with Crippen molar-refractivity contribution < 1.29 is 0 Å². The lowest BCUT2D eigenvalue weighted by Crippen LogP contribution is -2.04. The summed E-state index contributed by atoms with van der Waals surface area (Å²) in [6, 6.07) is 54.9. The van der Waals surface area contributed by atoms with Gasteiger partial charge in [0, 0.05) is 44.9 Å². The molecular formula is C58H48N14S2. The second-order valence-corrected chi connectivity index (χ2v) is 18.9. The predicted molar refractivity (Wildman–Crippen MR) is 300 cm³/mol. The fourth-order valence-corrected chi connectivity index (χ4v) is 9.20. The molecule has 2 N–H and O–H groups in total. The summed E-state index contributed by atoms with van der Waals surface area (Å²) in [5, 5.41) is 9.30. The smallest absolute Gasteiger partial charge is 0.163 e. The van der Waals surface area contributed by atoms with Crippen molar-refractivity contribution in [1.82, 2.24) is 49.8 Å². The summed E-state index contributed by atoms with van der Waals surface area (Å²) >= 11 is 3.55. The molecule has 0 spiro atoms. The first-order chi connectivity index (χ1) is 36.5. The largest absolute Gasteiger partial charge is 0.261 e. The van der Waals surface area contributed by atoms with E-state index >= 15 is 0 Å². The molecule has 0 aliphatic carbocycles. The van der Waals surface area contributed by atoms with Crippen molar-refractivity contribution in [3.63, 3.8) is 0 Å². The van der Waals surface area contributed by atoms with E-state index in [1.807, 2.05) is 140 Å². The van der Waals surface area contributed by atoms with Gasteiger partial charge in [-0.15, -0.1) is 23.5 Å². The lowest BCUT2D eigenvalue weighted by atomic mass is 10.1. The van der Waals surface area contributed by atoms with Gasteiger partial charge in [0.15, 0.2) is 29.1 Å². The Morgan fingerprint density at radius 3 is 1.12 bits per heavy atom. The number of benzene rings is 3. The first-order valence-corrected chi connectivity index (χ1v) is 26.1. The normalized spacial score (nSPS) is 11.3. The summed E-state index contributed by atoms with van der Waals surface area (Å²) in [6.45, 7) is 4.34. The molecule has 7 aromatic heterocycles. The quantitative estimate of drug-likeness (QED) is 0.0444. The highest BCUT2D eigenvalue weighted by molar-refractivity contribution is 7.99. The predicted octanol–water partition coefficient (Wildman–Crippen LogP) is 13.2. The Balaban J connectivity index is 0.968. The zero-order valence-corrected chi connectivity index (χ0v) is 42.1. The fraction of sp³-hybridized carbons (Fsp3) is 0.103. The van der Waals surface area contributed by atoms with Crippen LogP contribution in [-0.4, -0.2) is 73.8 Å². The third kappa shape index (κ3) is 12.6. The van der Waals surface area contributed by atoms with Crippen LogP contribution in [0.2, 0.25) is 0 Å². The van der Waals surface area contributed by atoms with Gasteiger partial charge in [-0.05, 0) is 85.0 Å². The molecule has 74 heavy (non-hydrogen) atoms. The summed E-state index contributed by atoms with van der Waals surface area (Å²) in [5.74, 6) is 4.29. The molecule has 0 amide bonds. The zero-order valence-electron chi connectivity index (χ0n) is 40.5. The van der Waals surface area contributed by atoms with Gasteiger partial charge < -0.3 is 0 Å². The topological polar surface area (TPSA) is 178 Å². The third-order valence-corrected chi connectivity index (χ3v) is 13.4. The monoisotopic (exact) mass is 1000 g/mol. The second kappa shape index (κ2) is 24.0. The van der Waals surface area contributed by atoms with Gasteiger partial charge in [0.25, 0.3) is 0 Å². The number of aromatic nitrogens is 10. The Hall–Kier alpha value is -8.86. The number of hydrazone groups is 2. The molecule has 0 fully saturated rings. The van der Waals surface area contributed by atoms with E-state index in [1.54, 1.807) is 54.4 Å². The lowest BCUT2D eigenvalue weighted by Gasteiger charge is -2.11. The van der Waals surface area contributed by atoms with Gasteiger partial charge >= 0.3 is 0 Å². The number of nitrogens with one attached hydrogen (secondary N) is 2. The number of hydrogen-bond acceptors (Lipinski definition) is 16. The molecule has 14 nitrogen and oxygen atoms in total. The zero-order chi connectivity index (χ0) is 50.3. The van der Waals surface area contributed by atoms with Gasteiger partial charge in [-0.2, -0.15) is 10.2 Å². The van der Waals surface area contributed by atoms with Crippen molar-refractivity contribution in [2.75, 3.05) is 22.4 Å². The second-order valence-electron chi connectivity index (χ2n) is 16.6. The van der Waals surface area contributed by atoms with Crippen molar-refractivity contribution in [2.24, 2.45) is 10.2 Å². The van der Waals surface area contributed by atoms with Gasteiger partial charge in [-0.3, -0.25) is 20.8 Å². The summed E-state index contributed by atoms with van der Waals surface area (Å²) < 4.78 is 0. The van der Waals surface area contributed by atoms with Gasteiger partial charge in [-0.25, -0.2) is 39.9 Å². The first-order valence-electron chi connectivity index (χ1n) is 24.1. The van der Waals surface area contributed by atoms with Gasteiger partial charge in [0.2, 0.25) is 0 Å². The maximum absolute atomic E-state index is 5.07. The van der Waals surface area contributed by atoms with Crippen LogP contribution in [0.3, 0.4) is 0 Å². The number of thioether (sulfide) groups is 2. The van der Waals surface area contributed by atoms with E-state index < -0.39 is 0 Å². The van der Waals surface area contributed by atoms with Crippen molar-refractivity contribution in [1.29, 1.82) is 0 Å². The first kappa shape index (κ1) is 48.8. The van der Waals surface area contributed by atoms with Gasteiger partial charge in [-0.1, -0.05) is 117 Å². The Bertz CT molecular complexity index is 3320. The van der Waals surface area contributed by atoms with Gasteiger partial charge in [0.05, 0.1) is 69.4 Å². The Kier molecular flexibility index (Phi) is 15.8. The van der Waals surface area contributed by atoms with Crippen molar-refractivity contribution in [2.45, 2.75) is 36.5 Å². The summed E-state index contributed by atoms with van der Waals surface area (Å²) in [4.78, 5) is 51.1. The Morgan fingerprint density at radius 1 is 0.378 bits per heavy atom. The van der Waals surface area contributed by atoms with Crippen LogP contribution in [0.5, 0.6) is 0 Å². The highest BCUT2D eigenvalue weighted by Gasteiger charge is 2.16. The highest BCUT2D eigenvalue weighted by Crippen LogP contribution is 2.32. The minimum absolute atomic E-state index is 0.416. The Morgan fingerprint density at radius 2 is 0.743 bits per heavy atom. The van der Waals surface area contributed by atoms with Crippen LogP contribution >= 0.6 is 23.5 Å². The molecule has 0 bridgehead atoms. The van der Waals surface area contributed by atoms with Crippen LogP contribution in [0, 0.1) is 0 Å². The van der Waals surface area contributed by atoms with E-state index in [9.17, 15) is 0 Å². The van der Waals surface area contributed by atoms with Crippen LogP contribution in [0.4, 0.5) is 11.6 Å². The highest BCUT2D eigenvalue weighted by atomic mass is 32.2. The maximum Gasteiger partial charge on any atom is 0.163 e. The van der Waals surface area contributed by atoms with Crippen molar-refractivity contribution >= 4 is 47.6 Å². The molecule has 16 heteroatoms. The van der Waals surface area contributed by atoms with E-state index in [2.05, 4.69) is 69.1 Å². The molecule has 0 aliphatic heterocycles. The maximum atomic E-state index is 5.07. The standard InChI is InChI=1S/C58H48N14S2/c1-3-28-73-44-32-50(46-24-14-16-26-59-46)65-52(34-44)48-30-42(63-56(67-48)39-18-8-5-9-19-39)37-61-71-54-36-55(70-58(69-54)41-22-12-7-13-23-41)72-62-38-43-31-49(68-57(64-43)40-20-10-6-11-21-40)53-35-45(74-29-4-2)33-51(66-53)47-25-15-17-27-60-47/h5-27,30-38H,3-4,28-29H2,1-2H3,(H2,69,70,71,72)/b61-37+,62-38+. The molecule has 10 aromatic rings. The number of nitrogens with zero attached hydrogens (tertiary/aromatic N) is 12. The molecule has 0 saturated heterocycles. The van der Waals surface area contributed by atoms with Crippen LogP contribution in [0.1, 0.15) is 38.1 Å². The summed E-state index contributed by atoms with van der Waals surface area (Å²) in [7, 11) is 0. The van der Waals surface area contributed by atoms with Crippen molar-refractivity contribution in [3.8, 4) is 79.7 Å². The molecule has 362 valence electrons. The van der Waals surface area contributed by atoms with Crippen LogP contribution < -0.4 is 10.9 Å². The minimum Gasteiger partial charge on any atom is -0.261 e. The molecule has 0 aliphatic rings. The average Bonchev–Trinajstić information content (AvgIpc) is 3.47. The summed E-state index contributed by atoms with van der Waals surface area (Å²) in [5.41, 5.74) is 15.7. The minimum atomic E-state index is 0.416. The molecule has 0 radical (unpaired) electrons. The van der Waals surface area contributed by atoms with Gasteiger partial charge in [0.1, 0.15) is 0 Å². The molecule has 0 atom stereocenters. The molecule has 0 saturated carbocycles. The van der Waals surface area contributed by atoms with Crippen LogP contribution in [0.15, 0.2) is 202 Å². The van der Waals surface area contributed by atoms with E-state index in [0.29, 0.717) is 63.3 Å². The van der Waals surface area contributed by atoms with E-state index in [4.69, 9.17) is 39.9 Å². The molecule has 10 rings (SSSR count). The number of rotatable bonds is 19. The van der Waals surface area contributed by atoms with E-state index in [1.165, 1.54) is 0 Å². The number of pyridine rings is 4. The number of anilines is 2. The van der Waals surface area contributed by atoms with Crippen LogP contribution in [0.25, 0.3) is 79.7 Å². The SMILES string of the molecule is CCCSc1cc(-c2ccccn2)nc(-c2cc(/C=N/Nc3cc(N/N=C/c4cc(-c5cc(SCCC)cc(-c6ccccn6)n5)nc(-c5ccccc5)n4)nc(-c4ccccc4)n3)nc(-c3ccccc3)n2)c1. The van der Waals surface area contributed by atoms with Crippen molar-refractivity contribution in [3.05, 3.63) is 194 Å². The molecule has 7 heterocycles. The lowest BCUT2D eigenvalue weighted by molar-refractivity contribution is 1.10. The Labute approximate surface area is 437 Å².